The third kappa shape index (κ3) is 4.60. The molecular formula is C13H12ClFN4O3S. The Hall–Kier alpha value is -2.26. The highest BCUT2D eigenvalue weighted by Crippen LogP contribution is 2.20. The maximum Gasteiger partial charge on any atom is 0.341 e. The number of aliphatic imine (C=N–C) groups is 1. The molecule has 0 radical (unpaired) electrons. The first-order valence-electron chi connectivity index (χ1n) is 6.21. The first-order valence-corrected chi connectivity index (χ1v) is 8.00. The van der Waals surface area contributed by atoms with E-state index in [4.69, 9.17) is 15.8 Å². The zero-order valence-electron chi connectivity index (χ0n) is 12.1. The number of nitrogens with zero attached hydrogens (tertiary/aromatic N) is 4. The van der Waals surface area contributed by atoms with Crippen LogP contribution in [0, 0.1) is 5.82 Å². The average molecular weight is 359 g/mol. The van der Waals surface area contributed by atoms with E-state index in [0.717, 1.165) is 6.20 Å². The van der Waals surface area contributed by atoms with Gasteiger partial charge in [0.15, 0.2) is 11.6 Å². The summed E-state index contributed by atoms with van der Waals surface area (Å²) in [5.74, 6) is -1.14. The Kier molecular flexibility index (Phi) is 5.12. The van der Waals surface area contributed by atoms with E-state index < -0.39 is 21.9 Å². The second-order valence-corrected chi connectivity index (χ2v) is 6.51. The molecule has 23 heavy (non-hydrogen) atoms. The van der Waals surface area contributed by atoms with E-state index in [1.165, 1.54) is 30.6 Å². The molecule has 0 bridgehead atoms. The third-order valence-corrected chi connectivity index (χ3v) is 3.87. The van der Waals surface area contributed by atoms with Gasteiger partial charge in [-0.05, 0) is 24.3 Å². The van der Waals surface area contributed by atoms with Crippen molar-refractivity contribution in [3.05, 3.63) is 41.3 Å². The fourth-order valence-corrected chi connectivity index (χ4v) is 2.36. The number of aromatic nitrogens is 2. The van der Waals surface area contributed by atoms with Crippen molar-refractivity contribution >= 4 is 33.9 Å². The van der Waals surface area contributed by atoms with Gasteiger partial charge in [-0.2, -0.15) is 18.4 Å². The molecule has 0 fully saturated rings. The Morgan fingerprint density at radius 1 is 1.30 bits per heavy atom. The number of rotatable bonds is 5. The van der Waals surface area contributed by atoms with Crippen LogP contribution < -0.4 is 4.18 Å². The first kappa shape index (κ1) is 17.1. The van der Waals surface area contributed by atoms with Crippen molar-refractivity contribution in [2.45, 2.75) is 4.90 Å². The van der Waals surface area contributed by atoms with Crippen LogP contribution in [0.2, 0.25) is 5.02 Å². The van der Waals surface area contributed by atoms with E-state index in [9.17, 15) is 12.8 Å². The molecule has 0 atom stereocenters. The van der Waals surface area contributed by atoms with Crippen LogP contribution in [-0.2, 0) is 10.1 Å². The van der Waals surface area contributed by atoms with E-state index in [2.05, 4.69) is 15.0 Å². The van der Waals surface area contributed by atoms with Crippen molar-refractivity contribution in [3.63, 3.8) is 0 Å². The van der Waals surface area contributed by atoms with Crippen molar-refractivity contribution in [2.75, 3.05) is 14.1 Å². The number of hydrogen-bond donors (Lipinski definition) is 0. The summed E-state index contributed by atoms with van der Waals surface area (Å²) in [6.45, 7) is 0. The van der Waals surface area contributed by atoms with Crippen LogP contribution in [0.3, 0.4) is 0 Å². The molecule has 10 heteroatoms. The van der Waals surface area contributed by atoms with Crippen LogP contribution in [0.25, 0.3) is 0 Å². The molecule has 2 rings (SSSR count). The number of halogens is 2. The summed E-state index contributed by atoms with van der Waals surface area (Å²) < 4.78 is 42.5. The third-order valence-electron chi connectivity index (χ3n) is 2.40. The molecule has 0 N–H and O–H groups in total. The molecule has 0 aliphatic carbocycles. The standard InChI is InChI=1S/C13H12ClFN4O3S/c1-19(2)8-17-12-11(15)7-16-13(18-12)22-23(20,21)10-5-3-9(14)4-6-10/h3-8H,1-2H3. The summed E-state index contributed by atoms with van der Waals surface area (Å²) in [6.07, 6.45) is 2.09. The van der Waals surface area contributed by atoms with Crippen molar-refractivity contribution < 1.29 is 17.0 Å². The van der Waals surface area contributed by atoms with Crippen LogP contribution in [0.15, 0.2) is 40.4 Å². The predicted octanol–water partition coefficient (Wildman–Crippen LogP) is 2.26. The first-order chi connectivity index (χ1) is 10.8. The Labute approximate surface area is 137 Å². The second kappa shape index (κ2) is 6.88. The Morgan fingerprint density at radius 2 is 1.96 bits per heavy atom. The molecule has 0 amide bonds. The summed E-state index contributed by atoms with van der Waals surface area (Å²) in [5.41, 5.74) is 0. The Balaban J connectivity index is 2.29. The Morgan fingerprint density at radius 3 is 2.57 bits per heavy atom. The van der Waals surface area contributed by atoms with Gasteiger partial charge in [-0.3, -0.25) is 0 Å². The fraction of sp³-hybridized carbons (Fsp3) is 0.154. The summed E-state index contributed by atoms with van der Waals surface area (Å²) >= 11 is 5.70. The normalized spacial score (nSPS) is 11.7. The lowest BCUT2D eigenvalue weighted by atomic mass is 10.4. The summed E-state index contributed by atoms with van der Waals surface area (Å²) in [4.78, 5) is 12.3. The highest BCUT2D eigenvalue weighted by atomic mass is 35.5. The van der Waals surface area contributed by atoms with Crippen LogP contribution in [0.4, 0.5) is 10.2 Å². The Bertz CT molecular complexity index is 826. The molecule has 0 saturated heterocycles. The van der Waals surface area contributed by atoms with E-state index in [0.29, 0.717) is 5.02 Å². The van der Waals surface area contributed by atoms with Crippen LogP contribution >= 0.6 is 11.6 Å². The van der Waals surface area contributed by atoms with Crippen LogP contribution in [0.1, 0.15) is 0 Å². The van der Waals surface area contributed by atoms with Gasteiger partial charge in [-0.15, -0.1) is 0 Å². The zero-order valence-corrected chi connectivity index (χ0v) is 13.7. The minimum atomic E-state index is -4.16. The molecular weight excluding hydrogens is 347 g/mol. The largest absolute Gasteiger partial charge is 0.369 e. The van der Waals surface area contributed by atoms with Gasteiger partial charge in [0.05, 0.1) is 12.5 Å². The minimum Gasteiger partial charge on any atom is -0.369 e. The topological polar surface area (TPSA) is 84.8 Å². The van der Waals surface area contributed by atoms with Gasteiger partial charge in [0, 0.05) is 19.1 Å². The molecule has 1 aromatic heterocycles. The molecule has 1 heterocycles. The van der Waals surface area contributed by atoms with Gasteiger partial charge in [-0.25, -0.2) is 9.38 Å². The van der Waals surface area contributed by atoms with Gasteiger partial charge in [-0.1, -0.05) is 11.6 Å². The molecule has 1 aromatic carbocycles. The maximum absolute atomic E-state index is 13.5. The van der Waals surface area contributed by atoms with Crippen molar-refractivity contribution in [1.82, 2.24) is 14.9 Å². The number of benzene rings is 1. The monoisotopic (exact) mass is 358 g/mol. The second-order valence-electron chi connectivity index (χ2n) is 4.52. The predicted molar refractivity (Wildman–Crippen MR) is 83.1 cm³/mol. The quantitative estimate of drug-likeness (QED) is 0.463. The lowest BCUT2D eigenvalue weighted by Crippen LogP contribution is -2.12. The van der Waals surface area contributed by atoms with Gasteiger partial charge in [0.1, 0.15) is 4.90 Å². The molecule has 0 saturated carbocycles. The molecule has 0 aliphatic heterocycles. The van der Waals surface area contributed by atoms with Crippen molar-refractivity contribution in [1.29, 1.82) is 0 Å². The molecule has 0 spiro atoms. The molecule has 0 aliphatic rings. The van der Waals surface area contributed by atoms with E-state index in [-0.39, 0.29) is 10.7 Å². The summed E-state index contributed by atoms with van der Waals surface area (Å²) in [5, 5.41) is 0.377. The van der Waals surface area contributed by atoms with E-state index >= 15 is 0 Å². The van der Waals surface area contributed by atoms with E-state index in [1.807, 2.05) is 0 Å². The highest BCUT2D eigenvalue weighted by Gasteiger charge is 2.19. The summed E-state index contributed by atoms with van der Waals surface area (Å²) in [7, 11) is -0.788. The molecule has 0 unspecified atom stereocenters. The van der Waals surface area contributed by atoms with Crippen LogP contribution in [-0.4, -0.2) is 43.7 Å². The molecule has 7 nitrogen and oxygen atoms in total. The smallest absolute Gasteiger partial charge is 0.341 e. The van der Waals surface area contributed by atoms with Gasteiger partial charge in [0.25, 0.3) is 0 Å². The van der Waals surface area contributed by atoms with Gasteiger partial charge >= 0.3 is 16.1 Å². The lowest BCUT2D eigenvalue weighted by molar-refractivity contribution is 0.460. The maximum atomic E-state index is 13.5. The average Bonchev–Trinajstić information content (AvgIpc) is 2.48. The van der Waals surface area contributed by atoms with Gasteiger partial charge < -0.3 is 9.08 Å². The van der Waals surface area contributed by atoms with E-state index in [1.54, 1.807) is 19.0 Å². The summed E-state index contributed by atoms with van der Waals surface area (Å²) in [6, 6.07) is 4.80. The van der Waals surface area contributed by atoms with Crippen LogP contribution in [0.5, 0.6) is 6.01 Å². The van der Waals surface area contributed by atoms with Gasteiger partial charge in [0.2, 0.25) is 0 Å². The highest BCUT2D eigenvalue weighted by molar-refractivity contribution is 7.87. The fourth-order valence-electron chi connectivity index (χ4n) is 1.39. The van der Waals surface area contributed by atoms with Crippen molar-refractivity contribution in [3.8, 4) is 6.01 Å². The SMILES string of the molecule is CN(C)C=Nc1nc(OS(=O)(=O)c2ccc(Cl)cc2)ncc1F. The number of hydrogen-bond acceptors (Lipinski definition) is 6. The lowest BCUT2D eigenvalue weighted by Gasteiger charge is -2.06. The van der Waals surface area contributed by atoms with Crippen molar-refractivity contribution in [2.24, 2.45) is 4.99 Å². The minimum absolute atomic E-state index is 0.131. The molecule has 122 valence electrons. The molecule has 2 aromatic rings. The zero-order chi connectivity index (χ0) is 17.0.